The summed E-state index contributed by atoms with van der Waals surface area (Å²) in [5, 5.41) is 0.763. The van der Waals surface area contributed by atoms with Crippen LogP contribution in [0.25, 0.3) is 22.2 Å². The quantitative estimate of drug-likeness (QED) is 0.723. The minimum atomic E-state index is -0.302. The lowest BCUT2D eigenvalue weighted by atomic mass is 10.0. The Morgan fingerprint density at radius 1 is 1.00 bits per heavy atom. The number of H-pyrrole nitrogens is 1. The Morgan fingerprint density at radius 2 is 1.65 bits per heavy atom. The SMILES string of the molecule is CC(N)c1c(-c2ccc(F)cc2)[nH]c2ccc(F)cc12. The smallest absolute Gasteiger partial charge is 0.123 e. The van der Waals surface area contributed by atoms with Gasteiger partial charge in [-0.2, -0.15) is 0 Å². The summed E-state index contributed by atoms with van der Waals surface area (Å²) >= 11 is 0. The number of aromatic amines is 1. The molecule has 1 heterocycles. The van der Waals surface area contributed by atoms with E-state index in [1.54, 1.807) is 18.2 Å². The third-order valence-electron chi connectivity index (χ3n) is 3.39. The summed E-state index contributed by atoms with van der Waals surface area (Å²) < 4.78 is 26.5. The standard InChI is InChI=1S/C16H14F2N2/c1-9(19)15-13-8-12(18)6-7-14(13)20-16(15)10-2-4-11(17)5-3-10/h2-9,20H,19H2,1H3. The minimum Gasteiger partial charge on any atom is -0.354 e. The Hall–Kier alpha value is -2.20. The molecule has 0 bridgehead atoms. The molecule has 1 atom stereocenters. The van der Waals surface area contributed by atoms with Gasteiger partial charge in [-0.1, -0.05) is 0 Å². The molecule has 0 saturated carbocycles. The molecule has 3 N–H and O–H groups in total. The van der Waals surface area contributed by atoms with Crippen LogP contribution in [0.5, 0.6) is 0 Å². The molecule has 0 saturated heterocycles. The van der Waals surface area contributed by atoms with Crippen LogP contribution in [0, 0.1) is 11.6 Å². The molecule has 0 amide bonds. The molecule has 1 aromatic heterocycles. The molecule has 0 aliphatic carbocycles. The van der Waals surface area contributed by atoms with Gasteiger partial charge in [-0.25, -0.2) is 8.78 Å². The van der Waals surface area contributed by atoms with Gasteiger partial charge in [-0.3, -0.25) is 0 Å². The molecule has 0 aliphatic heterocycles. The molecule has 3 aromatic rings. The monoisotopic (exact) mass is 272 g/mol. The van der Waals surface area contributed by atoms with E-state index in [1.807, 2.05) is 6.92 Å². The number of fused-ring (bicyclic) bond motifs is 1. The van der Waals surface area contributed by atoms with Gasteiger partial charge >= 0.3 is 0 Å². The number of aromatic nitrogens is 1. The average molecular weight is 272 g/mol. The first kappa shape index (κ1) is 12.8. The van der Waals surface area contributed by atoms with Gasteiger partial charge in [0.15, 0.2) is 0 Å². The van der Waals surface area contributed by atoms with Crippen LogP contribution in [0.1, 0.15) is 18.5 Å². The van der Waals surface area contributed by atoms with E-state index in [9.17, 15) is 8.78 Å². The van der Waals surface area contributed by atoms with E-state index in [0.29, 0.717) is 0 Å². The number of hydrogen-bond acceptors (Lipinski definition) is 1. The Morgan fingerprint density at radius 3 is 2.30 bits per heavy atom. The molecule has 2 aromatic carbocycles. The van der Waals surface area contributed by atoms with Crippen molar-refractivity contribution in [2.24, 2.45) is 5.73 Å². The second kappa shape index (κ2) is 4.72. The molecular formula is C16H14F2N2. The molecular weight excluding hydrogens is 258 g/mol. The summed E-state index contributed by atoms with van der Waals surface area (Å²) in [5.41, 5.74) is 9.32. The summed E-state index contributed by atoms with van der Waals surface area (Å²) in [6.07, 6.45) is 0. The van der Waals surface area contributed by atoms with Crippen molar-refractivity contribution in [3.8, 4) is 11.3 Å². The van der Waals surface area contributed by atoms with E-state index in [4.69, 9.17) is 5.73 Å². The van der Waals surface area contributed by atoms with Crippen LogP contribution < -0.4 is 5.73 Å². The van der Waals surface area contributed by atoms with Crippen LogP contribution in [0.2, 0.25) is 0 Å². The fourth-order valence-electron chi connectivity index (χ4n) is 2.50. The number of hydrogen-bond donors (Lipinski definition) is 2. The van der Waals surface area contributed by atoms with Gasteiger partial charge < -0.3 is 10.7 Å². The van der Waals surface area contributed by atoms with Crippen molar-refractivity contribution >= 4 is 10.9 Å². The zero-order valence-corrected chi connectivity index (χ0v) is 11.0. The van der Waals surface area contributed by atoms with Crippen molar-refractivity contribution in [1.82, 2.24) is 4.98 Å². The molecule has 102 valence electrons. The summed E-state index contributed by atoms with van der Waals surface area (Å²) in [5.74, 6) is -0.595. The van der Waals surface area contributed by atoms with E-state index in [0.717, 1.165) is 27.7 Å². The topological polar surface area (TPSA) is 41.8 Å². The first-order chi connectivity index (χ1) is 9.56. The Kier molecular flexibility index (Phi) is 3.03. The predicted octanol–water partition coefficient (Wildman–Crippen LogP) is 4.13. The van der Waals surface area contributed by atoms with Crippen LogP contribution in [-0.4, -0.2) is 4.98 Å². The van der Waals surface area contributed by atoms with Gasteiger partial charge in [-0.15, -0.1) is 0 Å². The first-order valence-corrected chi connectivity index (χ1v) is 6.39. The summed E-state index contributed by atoms with van der Waals surface area (Å²) in [4.78, 5) is 3.24. The maximum atomic E-state index is 13.4. The van der Waals surface area contributed by atoms with Gasteiger partial charge in [0.1, 0.15) is 11.6 Å². The van der Waals surface area contributed by atoms with Crippen LogP contribution >= 0.6 is 0 Å². The van der Waals surface area contributed by atoms with Gasteiger partial charge in [0.2, 0.25) is 0 Å². The highest BCUT2D eigenvalue weighted by atomic mass is 19.1. The molecule has 0 aliphatic rings. The molecule has 0 spiro atoms. The van der Waals surface area contributed by atoms with Crippen molar-refractivity contribution in [2.45, 2.75) is 13.0 Å². The highest BCUT2D eigenvalue weighted by Gasteiger charge is 2.16. The van der Waals surface area contributed by atoms with Crippen LogP contribution in [0.3, 0.4) is 0 Å². The molecule has 3 rings (SSSR count). The largest absolute Gasteiger partial charge is 0.354 e. The summed E-state index contributed by atoms with van der Waals surface area (Å²) in [7, 11) is 0. The Bertz CT molecular complexity index is 758. The molecule has 4 heteroatoms. The van der Waals surface area contributed by atoms with E-state index in [2.05, 4.69) is 4.98 Å². The van der Waals surface area contributed by atoms with E-state index < -0.39 is 0 Å². The van der Waals surface area contributed by atoms with Crippen molar-refractivity contribution in [3.05, 3.63) is 59.7 Å². The lowest BCUT2D eigenvalue weighted by molar-refractivity contribution is 0.628. The second-order valence-electron chi connectivity index (χ2n) is 4.90. The maximum Gasteiger partial charge on any atom is 0.123 e. The van der Waals surface area contributed by atoms with Crippen molar-refractivity contribution < 1.29 is 8.78 Å². The highest BCUT2D eigenvalue weighted by molar-refractivity contribution is 5.91. The molecule has 2 nitrogen and oxygen atoms in total. The molecule has 0 radical (unpaired) electrons. The van der Waals surface area contributed by atoms with Gasteiger partial charge in [0, 0.05) is 22.5 Å². The highest BCUT2D eigenvalue weighted by Crippen LogP contribution is 2.34. The molecule has 1 unspecified atom stereocenters. The molecule has 20 heavy (non-hydrogen) atoms. The lowest BCUT2D eigenvalue weighted by Crippen LogP contribution is -2.05. The zero-order chi connectivity index (χ0) is 14.3. The number of halogens is 2. The molecule has 0 fully saturated rings. The fourth-order valence-corrected chi connectivity index (χ4v) is 2.50. The number of nitrogens with two attached hydrogens (primary N) is 1. The predicted molar refractivity (Wildman–Crippen MR) is 76.3 cm³/mol. The van der Waals surface area contributed by atoms with E-state index in [1.165, 1.54) is 24.3 Å². The van der Waals surface area contributed by atoms with Gasteiger partial charge in [0.25, 0.3) is 0 Å². The third kappa shape index (κ3) is 2.08. The Balaban J connectivity index is 2.29. The zero-order valence-electron chi connectivity index (χ0n) is 11.0. The summed E-state index contributed by atoms with van der Waals surface area (Å²) in [6, 6.07) is 10.5. The van der Waals surface area contributed by atoms with Crippen molar-refractivity contribution in [1.29, 1.82) is 0 Å². The second-order valence-corrected chi connectivity index (χ2v) is 4.90. The van der Waals surface area contributed by atoms with Gasteiger partial charge in [0.05, 0.1) is 5.69 Å². The first-order valence-electron chi connectivity index (χ1n) is 6.39. The van der Waals surface area contributed by atoms with Crippen LogP contribution in [0.15, 0.2) is 42.5 Å². The maximum absolute atomic E-state index is 13.4. The van der Waals surface area contributed by atoms with Crippen LogP contribution in [0.4, 0.5) is 8.78 Å². The van der Waals surface area contributed by atoms with Gasteiger partial charge in [-0.05, 0) is 55.0 Å². The van der Waals surface area contributed by atoms with Crippen molar-refractivity contribution in [3.63, 3.8) is 0 Å². The third-order valence-corrected chi connectivity index (χ3v) is 3.39. The summed E-state index contributed by atoms with van der Waals surface area (Å²) in [6.45, 7) is 1.85. The van der Waals surface area contributed by atoms with E-state index >= 15 is 0 Å². The fraction of sp³-hybridized carbons (Fsp3) is 0.125. The number of rotatable bonds is 2. The van der Waals surface area contributed by atoms with Crippen molar-refractivity contribution in [2.75, 3.05) is 0 Å². The minimum absolute atomic E-state index is 0.259. The number of nitrogens with one attached hydrogen (secondary N) is 1. The van der Waals surface area contributed by atoms with Crippen LogP contribution in [-0.2, 0) is 0 Å². The average Bonchev–Trinajstić information content (AvgIpc) is 2.78. The normalized spacial score (nSPS) is 12.8. The van der Waals surface area contributed by atoms with E-state index in [-0.39, 0.29) is 17.7 Å². The Labute approximate surface area is 115 Å². The number of benzene rings is 2. The lowest BCUT2D eigenvalue weighted by Gasteiger charge is -2.08.